The lowest BCUT2D eigenvalue weighted by Gasteiger charge is -2.16. The zero-order chi connectivity index (χ0) is 15.2. The van der Waals surface area contributed by atoms with Crippen molar-refractivity contribution in [2.24, 2.45) is 5.84 Å². The number of nitrogens with one attached hydrogen (secondary N) is 2. The second-order valence-corrected chi connectivity index (χ2v) is 5.09. The van der Waals surface area contributed by atoms with E-state index >= 15 is 0 Å². The van der Waals surface area contributed by atoms with Gasteiger partial charge in [-0.05, 0) is 12.8 Å². The van der Waals surface area contributed by atoms with E-state index in [4.69, 9.17) is 5.84 Å². The lowest BCUT2D eigenvalue weighted by Crippen LogP contribution is -2.29. The minimum atomic E-state index is 0.166. The third-order valence-corrected chi connectivity index (χ3v) is 3.23. The van der Waals surface area contributed by atoms with Gasteiger partial charge in [0.1, 0.15) is 0 Å². The Labute approximate surface area is 123 Å². The van der Waals surface area contributed by atoms with Gasteiger partial charge in [-0.25, -0.2) is 5.84 Å². The highest BCUT2D eigenvalue weighted by atomic mass is 16.2. The maximum absolute atomic E-state index is 11.9. The molecule has 1 saturated heterocycles. The Morgan fingerprint density at radius 1 is 1.24 bits per heavy atom. The first-order valence-corrected chi connectivity index (χ1v) is 7.02. The normalized spacial score (nSPS) is 14.1. The molecule has 1 aromatic heterocycles. The van der Waals surface area contributed by atoms with Gasteiger partial charge in [0.25, 0.3) is 0 Å². The second-order valence-electron chi connectivity index (χ2n) is 5.09. The van der Waals surface area contributed by atoms with Crippen molar-refractivity contribution in [2.75, 3.05) is 49.4 Å². The predicted octanol–water partition coefficient (Wildman–Crippen LogP) is -0.352. The van der Waals surface area contributed by atoms with Crippen LogP contribution in [0.3, 0.4) is 0 Å². The van der Waals surface area contributed by atoms with Gasteiger partial charge in [0.2, 0.25) is 23.8 Å². The lowest BCUT2D eigenvalue weighted by atomic mass is 10.3. The topological polar surface area (TPSA) is 112 Å². The molecule has 0 unspecified atom stereocenters. The summed E-state index contributed by atoms with van der Waals surface area (Å²) in [5.41, 5.74) is 2.40. The van der Waals surface area contributed by atoms with E-state index in [1.807, 2.05) is 19.0 Å². The largest absolute Gasteiger partial charge is 0.354 e. The molecule has 9 nitrogen and oxygen atoms in total. The molecule has 0 radical (unpaired) electrons. The van der Waals surface area contributed by atoms with E-state index in [9.17, 15) is 4.79 Å². The van der Waals surface area contributed by atoms with Gasteiger partial charge in [-0.3, -0.25) is 10.2 Å². The molecule has 0 aromatic carbocycles. The van der Waals surface area contributed by atoms with Crippen LogP contribution in [0, 0.1) is 0 Å². The van der Waals surface area contributed by atoms with Crippen LogP contribution in [0.2, 0.25) is 0 Å². The van der Waals surface area contributed by atoms with E-state index in [-0.39, 0.29) is 11.9 Å². The number of hydrogen-bond acceptors (Lipinski definition) is 8. The van der Waals surface area contributed by atoms with Crippen LogP contribution in [-0.2, 0) is 4.79 Å². The van der Waals surface area contributed by atoms with E-state index in [1.54, 1.807) is 4.90 Å². The molecular formula is C12H22N8O. The van der Waals surface area contributed by atoms with E-state index in [0.29, 0.717) is 24.9 Å². The van der Waals surface area contributed by atoms with Gasteiger partial charge in [0.15, 0.2) is 0 Å². The van der Waals surface area contributed by atoms with Crippen molar-refractivity contribution in [3.05, 3.63) is 0 Å². The fourth-order valence-electron chi connectivity index (χ4n) is 2.11. The number of nitrogen functional groups attached to an aromatic ring is 1. The molecule has 0 saturated carbocycles. The van der Waals surface area contributed by atoms with Crippen LogP contribution in [0.4, 0.5) is 17.8 Å². The maximum Gasteiger partial charge on any atom is 0.243 e. The van der Waals surface area contributed by atoms with Crippen molar-refractivity contribution >= 4 is 23.8 Å². The van der Waals surface area contributed by atoms with Gasteiger partial charge in [-0.15, -0.1) is 0 Å². The smallest absolute Gasteiger partial charge is 0.243 e. The standard InChI is InChI=1S/C12H22N8O/c1-19(2)12-16-10(15-11(17-12)18-13)14-6-5-9(21)20-7-3-4-8-20/h3-8,13H2,1-2H3,(H2,14,15,16,17,18). The van der Waals surface area contributed by atoms with Crippen LogP contribution in [0.5, 0.6) is 0 Å². The Hall–Kier alpha value is -2.16. The quantitative estimate of drug-likeness (QED) is 0.482. The average molecular weight is 294 g/mol. The second kappa shape index (κ2) is 7.02. The monoisotopic (exact) mass is 294 g/mol. The van der Waals surface area contributed by atoms with Crippen LogP contribution >= 0.6 is 0 Å². The van der Waals surface area contributed by atoms with Crippen LogP contribution < -0.4 is 21.5 Å². The summed E-state index contributed by atoms with van der Waals surface area (Å²) in [5, 5.41) is 3.04. The molecule has 0 bridgehead atoms. The Morgan fingerprint density at radius 3 is 2.52 bits per heavy atom. The molecule has 2 rings (SSSR count). The SMILES string of the molecule is CN(C)c1nc(NN)nc(NCCC(=O)N2CCCC2)n1. The number of nitrogens with two attached hydrogens (primary N) is 1. The van der Waals surface area contributed by atoms with Gasteiger partial charge in [-0.2, -0.15) is 15.0 Å². The molecule has 0 aliphatic carbocycles. The molecule has 21 heavy (non-hydrogen) atoms. The Kier molecular flexibility index (Phi) is 5.09. The highest BCUT2D eigenvalue weighted by Gasteiger charge is 2.17. The first kappa shape index (κ1) is 15.2. The molecule has 116 valence electrons. The van der Waals surface area contributed by atoms with Crippen LogP contribution in [0.15, 0.2) is 0 Å². The van der Waals surface area contributed by atoms with Gasteiger partial charge >= 0.3 is 0 Å². The van der Waals surface area contributed by atoms with E-state index in [0.717, 1.165) is 25.9 Å². The minimum Gasteiger partial charge on any atom is -0.354 e. The molecule has 1 aliphatic heterocycles. The summed E-state index contributed by atoms with van der Waals surface area (Å²) in [6.45, 7) is 2.23. The molecular weight excluding hydrogens is 272 g/mol. The van der Waals surface area contributed by atoms with E-state index in [1.165, 1.54) is 0 Å². The summed E-state index contributed by atoms with van der Waals surface area (Å²) in [4.78, 5) is 28.0. The fraction of sp³-hybridized carbons (Fsp3) is 0.667. The highest BCUT2D eigenvalue weighted by Crippen LogP contribution is 2.11. The lowest BCUT2D eigenvalue weighted by molar-refractivity contribution is -0.129. The summed E-state index contributed by atoms with van der Waals surface area (Å²) in [6.07, 6.45) is 2.63. The molecule has 0 atom stereocenters. The number of carbonyl (C=O) groups is 1. The Balaban J connectivity index is 1.90. The predicted molar refractivity (Wildman–Crippen MR) is 80.9 cm³/mol. The maximum atomic E-state index is 11.9. The molecule has 1 aliphatic rings. The zero-order valence-electron chi connectivity index (χ0n) is 12.5. The summed E-state index contributed by atoms with van der Waals surface area (Å²) in [7, 11) is 3.66. The van der Waals surface area contributed by atoms with Crippen LogP contribution in [-0.4, -0.2) is 59.5 Å². The number of likely N-dealkylation sites (tertiary alicyclic amines) is 1. The van der Waals surface area contributed by atoms with Crippen molar-refractivity contribution in [1.82, 2.24) is 19.9 Å². The first-order chi connectivity index (χ1) is 10.1. The van der Waals surface area contributed by atoms with Gasteiger partial charge in [0, 0.05) is 40.2 Å². The van der Waals surface area contributed by atoms with Gasteiger partial charge < -0.3 is 15.1 Å². The molecule has 9 heteroatoms. The number of anilines is 3. The molecule has 1 aromatic rings. The van der Waals surface area contributed by atoms with E-state index in [2.05, 4.69) is 25.7 Å². The number of carbonyl (C=O) groups excluding carboxylic acids is 1. The molecule has 0 spiro atoms. The van der Waals surface area contributed by atoms with Gasteiger partial charge in [0.05, 0.1) is 0 Å². The summed E-state index contributed by atoms with van der Waals surface area (Å²) < 4.78 is 0. The number of hydrazine groups is 1. The van der Waals surface area contributed by atoms with E-state index < -0.39 is 0 Å². The summed E-state index contributed by atoms with van der Waals surface area (Å²) in [6, 6.07) is 0. The average Bonchev–Trinajstić information content (AvgIpc) is 3.01. The first-order valence-electron chi connectivity index (χ1n) is 7.02. The van der Waals surface area contributed by atoms with Crippen LogP contribution in [0.1, 0.15) is 19.3 Å². The molecule has 1 fully saturated rings. The number of rotatable bonds is 6. The van der Waals surface area contributed by atoms with Gasteiger partial charge in [-0.1, -0.05) is 0 Å². The third kappa shape index (κ3) is 4.15. The third-order valence-electron chi connectivity index (χ3n) is 3.23. The van der Waals surface area contributed by atoms with Crippen molar-refractivity contribution in [3.8, 4) is 0 Å². The number of hydrogen-bond donors (Lipinski definition) is 3. The minimum absolute atomic E-state index is 0.166. The number of nitrogens with zero attached hydrogens (tertiary/aromatic N) is 5. The molecule has 4 N–H and O–H groups in total. The van der Waals surface area contributed by atoms with Crippen molar-refractivity contribution in [1.29, 1.82) is 0 Å². The van der Waals surface area contributed by atoms with Crippen molar-refractivity contribution in [2.45, 2.75) is 19.3 Å². The van der Waals surface area contributed by atoms with Crippen molar-refractivity contribution in [3.63, 3.8) is 0 Å². The number of amides is 1. The summed E-state index contributed by atoms with van der Waals surface area (Å²) in [5.74, 6) is 6.67. The molecule has 1 amide bonds. The number of aromatic nitrogens is 3. The van der Waals surface area contributed by atoms with Crippen molar-refractivity contribution < 1.29 is 4.79 Å². The molecule has 2 heterocycles. The summed E-state index contributed by atoms with van der Waals surface area (Å²) >= 11 is 0. The van der Waals surface area contributed by atoms with Crippen LogP contribution in [0.25, 0.3) is 0 Å². The fourth-order valence-corrected chi connectivity index (χ4v) is 2.11. The Bertz CT molecular complexity index is 486. The Morgan fingerprint density at radius 2 is 1.90 bits per heavy atom. The zero-order valence-corrected chi connectivity index (χ0v) is 12.5. The highest BCUT2D eigenvalue weighted by molar-refractivity contribution is 5.76.